The molecule has 14 atom stereocenters. The number of nitrogens with one attached hydrogen (secondary N) is 1. The monoisotopic (exact) mass is 689 g/mol. The third-order valence-corrected chi connectivity index (χ3v) is 14.9. The molecule has 9 rings (SSSR count). The number of ketones is 1. The first-order valence-corrected chi connectivity index (χ1v) is 19.3. The van der Waals surface area contributed by atoms with Crippen molar-refractivity contribution in [2.45, 2.75) is 121 Å². The number of fused-ring (bicyclic) bond motifs is 2. The number of carbonyl (C=O) groups is 1. The average Bonchev–Trinajstić information content (AvgIpc) is 3.60. The second kappa shape index (κ2) is 13.7. The normalized spacial score (nSPS) is 44.4. The van der Waals surface area contributed by atoms with Gasteiger partial charge in [0.2, 0.25) is 0 Å². The molecule has 4 N–H and O–H groups in total. The van der Waals surface area contributed by atoms with E-state index in [2.05, 4.69) is 50.1 Å². The highest BCUT2D eigenvalue weighted by Crippen LogP contribution is 2.70. The molecule has 4 aliphatic heterocycles. The lowest BCUT2D eigenvalue weighted by atomic mass is 9.45. The SMILES string of the molecule is CNCCC1C(C)C(CO)OC1C(O)C(C)(O)C1CCC23OCC#CC(c4ccccc4)COC4CCC5(C)C(C4)C(=O)C=C2C5CCC13C. The maximum Gasteiger partial charge on any atom is 0.159 e. The Labute approximate surface area is 298 Å². The van der Waals surface area contributed by atoms with Crippen LogP contribution in [-0.4, -0.2) is 90.1 Å². The highest BCUT2D eigenvalue weighted by molar-refractivity contribution is 5.95. The first-order valence-electron chi connectivity index (χ1n) is 19.3. The van der Waals surface area contributed by atoms with Gasteiger partial charge in [-0.2, -0.15) is 0 Å². The van der Waals surface area contributed by atoms with Crippen molar-refractivity contribution in [1.82, 2.24) is 5.32 Å². The molecule has 1 aromatic carbocycles. The summed E-state index contributed by atoms with van der Waals surface area (Å²) in [4.78, 5) is 14.3. The number of ether oxygens (including phenoxy) is 3. The summed E-state index contributed by atoms with van der Waals surface area (Å²) >= 11 is 0. The maximum absolute atomic E-state index is 14.3. The predicted molar refractivity (Wildman–Crippen MR) is 191 cm³/mol. The van der Waals surface area contributed by atoms with Crippen molar-refractivity contribution in [3.8, 4) is 11.8 Å². The molecule has 4 heterocycles. The summed E-state index contributed by atoms with van der Waals surface area (Å²) in [6.45, 7) is 9.71. The van der Waals surface area contributed by atoms with Gasteiger partial charge in [0.05, 0.1) is 48.6 Å². The Kier molecular flexibility index (Phi) is 9.95. The fourth-order valence-electron chi connectivity index (χ4n) is 11.9. The molecule has 1 saturated heterocycles. The largest absolute Gasteiger partial charge is 0.394 e. The first-order chi connectivity index (χ1) is 23.9. The number of aliphatic hydroxyl groups is 3. The summed E-state index contributed by atoms with van der Waals surface area (Å²) in [5.41, 5.74) is -0.877. The van der Waals surface area contributed by atoms with Crippen LogP contribution in [0.15, 0.2) is 42.0 Å². The highest BCUT2D eigenvalue weighted by atomic mass is 16.5. The van der Waals surface area contributed by atoms with Gasteiger partial charge in [0.15, 0.2) is 5.78 Å². The fourth-order valence-corrected chi connectivity index (χ4v) is 11.9. The number of rotatable bonds is 8. The topological polar surface area (TPSA) is 117 Å². The van der Waals surface area contributed by atoms with Crippen LogP contribution >= 0.6 is 0 Å². The number of carbonyl (C=O) groups excluding carboxylic acids is 1. The van der Waals surface area contributed by atoms with Gasteiger partial charge in [-0.05, 0) is 118 Å². The molecule has 8 nitrogen and oxygen atoms in total. The number of hydrogen-bond acceptors (Lipinski definition) is 8. The van der Waals surface area contributed by atoms with E-state index in [0.717, 1.165) is 56.2 Å². The minimum Gasteiger partial charge on any atom is -0.394 e. The van der Waals surface area contributed by atoms with E-state index in [1.807, 2.05) is 31.3 Å². The molecule has 3 saturated carbocycles. The zero-order valence-corrected chi connectivity index (χ0v) is 30.7. The molecule has 0 radical (unpaired) electrons. The Morgan fingerprint density at radius 3 is 2.62 bits per heavy atom. The van der Waals surface area contributed by atoms with Crippen molar-refractivity contribution in [1.29, 1.82) is 0 Å². The lowest BCUT2D eigenvalue weighted by molar-refractivity contribution is -0.204. The molecule has 4 aliphatic carbocycles. The molecule has 50 heavy (non-hydrogen) atoms. The van der Waals surface area contributed by atoms with Gasteiger partial charge in [0.1, 0.15) is 12.7 Å². The van der Waals surface area contributed by atoms with E-state index in [1.165, 1.54) is 0 Å². The Morgan fingerprint density at radius 2 is 1.88 bits per heavy atom. The minimum atomic E-state index is -1.51. The van der Waals surface area contributed by atoms with Crippen LogP contribution in [0.2, 0.25) is 0 Å². The molecule has 0 amide bonds. The lowest BCUT2D eigenvalue weighted by Crippen LogP contribution is -2.64. The number of aliphatic hydroxyl groups excluding tert-OH is 2. The Bertz CT molecular complexity index is 1500. The quantitative estimate of drug-likeness (QED) is 0.288. The van der Waals surface area contributed by atoms with Crippen molar-refractivity contribution < 1.29 is 34.3 Å². The zero-order chi connectivity index (χ0) is 35.5. The van der Waals surface area contributed by atoms with E-state index in [-0.39, 0.29) is 72.1 Å². The molecule has 1 spiro atoms. The molecule has 4 fully saturated rings. The fraction of sp³-hybridized carbons (Fsp3) is 0.738. The van der Waals surface area contributed by atoms with Gasteiger partial charge in [0.25, 0.3) is 0 Å². The van der Waals surface area contributed by atoms with Crippen LogP contribution in [0.5, 0.6) is 0 Å². The van der Waals surface area contributed by atoms with Crippen molar-refractivity contribution in [2.24, 2.45) is 40.4 Å². The van der Waals surface area contributed by atoms with E-state index in [9.17, 15) is 20.1 Å². The second-order valence-corrected chi connectivity index (χ2v) is 17.2. The number of benzene rings is 1. The van der Waals surface area contributed by atoms with Crippen LogP contribution < -0.4 is 5.32 Å². The summed E-state index contributed by atoms with van der Waals surface area (Å²) in [5.74, 6) is 6.72. The molecule has 274 valence electrons. The third kappa shape index (κ3) is 5.66. The number of hydrogen-bond donors (Lipinski definition) is 4. The first kappa shape index (κ1) is 36.3. The van der Waals surface area contributed by atoms with Crippen LogP contribution in [0.4, 0.5) is 0 Å². The summed E-state index contributed by atoms with van der Waals surface area (Å²) in [6, 6.07) is 10.3. The second-order valence-electron chi connectivity index (χ2n) is 17.2. The Balaban J connectivity index is 1.27. The highest BCUT2D eigenvalue weighted by Gasteiger charge is 2.70. The minimum absolute atomic E-state index is 0.0203. The smallest absolute Gasteiger partial charge is 0.159 e. The van der Waals surface area contributed by atoms with Gasteiger partial charge in [-0.1, -0.05) is 62.9 Å². The predicted octanol–water partition coefficient (Wildman–Crippen LogP) is 4.80. The maximum atomic E-state index is 14.3. The van der Waals surface area contributed by atoms with Crippen LogP contribution in [0, 0.1) is 52.3 Å². The molecule has 0 aromatic heterocycles. The summed E-state index contributed by atoms with van der Waals surface area (Å²) < 4.78 is 20.0. The van der Waals surface area contributed by atoms with Crippen molar-refractivity contribution in [3.63, 3.8) is 0 Å². The summed E-state index contributed by atoms with van der Waals surface area (Å²) in [6.07, 6.45) is 6.11. The number of allylic oxidation sites excluding steroid dienone is 1. The zero-order valence-electron chi connectivity index (χ0n) is 30.7. The van der Waals surface area contributed by atoms with Gasteiger partial charge in [0, 0.05) is 11.3 Å². The van der Waals surface area contributed by atoms with Gasteiger partial charge in [-0.3, -0.25) is 4.79 Å². The van der Waals surface area contributed by atoms with E-state index >= 15 is 0 Å². The standard InChI is InChI=1S/C42H59NO7/c1-26-30(16-20-43-5)37(50-35(26)24-44)38(46)41(4,47)36-15-19-42-32-23-34(45)33-22-29(13-17-39(33,2)31(32)14-18-40(36,42)3)48-25-28(12-9-21-49-42)27-10-7-6-8-11-27/h6-8,10-11,23,26,28-31,33,35-38,43-44,46-47H,13-22,24-25H2,1-5H3. The van der Waals surface area contributed by atoms with E-state index < -0.39 is 28.8 Å². The lowest BCUT2D eigenvalue weighted by Gasteiger charge is -2.61. The van der Waals surface area contributed by atoms with Crippen LogP contribution in [-0.2, 0) is 19.0 Å². The summed E-state index contributed by atoms with van der Waals surface area (Å²) in [5, 5.41) is 38.2. The van der Waals surface area contributed by atoms with Gasteiger partial charge in [-0.25, -0.2) is 0 Å². The van der Waals surface area contributed by atoms with Crippen molar-refractivity contribution >= 4 is 5.78 Å². The third-order valence-electron chi connectivity index (χ3n) is 14.9. The Hall–Kier alpha value is -2.09. The Morgan fingerprint density at radius 1 is 1.10 bits per heavy atom. The van der Waals surface area contributed by atoms with Crippen LogP contribution in [0.25, 0.3) is 0 Å². The molecule has 14 unspecified atom stereocenters. The van der Waals surface area contributed by atoms with Crippen molar-refractivity contribution in [2.75, 3.05) is 33.4 Å². The average molecular weight is 690 g/mol. The van der Waals surface area contributed by atoms with Crippen molar-refractivity contribution in [3.05, 3.63) is 47.5 Å². The van der Waals surface area contributed by atoms with E-state index in [1.54, 1.807) is 6.92 Å². The molecular formula is C42H59NO7. The van der Waals surface area contributed by atoms with Crippen LogP contribution in [0.1, 0.15) is 90.5 Å². The van der Waals surface area contributed by atoms with Crippen LogP contribution in [0.3, 0.4) is 0 Å². The molecule has 1 aromatic rings. The summed E-state index contributed by atoms with van der Waals surface area (Å²) in [7, 11) is 1.91. The van der Waals surface area contributed by atoms with E-state index in [4.69, 9.17) is 14.2 Å². The molecule has 8 aliphatic rings. The molecule has 8 heteroatoms. The van der Waals surface area contributed by atoms with Gasteiger partial charge >= 0.3 is 0 Å². The van der Waals surface area contributed by atoms with E-state index in [0.29, 0.717) is 19.4 Å². The van der Waals surface area contributed by atoms with Gasteiger partial charge < -0.3 is 34.8 Å². The molecule has 6 bridgehead atoms. The van der Waals surface area contributed by atoms with Gasteiger partial charge in [-0.15, -0.1) is 0 Å². The molecular weight excluding hydrogens is 630 g/mol.